The number of ether oxygens (including phenoxy) is 2. The smallest absolute Gasteiger partial charge is 0.190 e. The van der Waals surface area contributed by atoms with E-state index in [0.717, 1.165) is 0 Å². The molecule has 1 unspecified atom stereocenters. The molecule has 0 spiro atoms. The molecule has 1 aromatic carbocycles. The van der Waals surface area contributed by atoms with Gasteiger partial charge in [-0.2, -0.15) is 0 Å². The van der Waals surface area contributed by atoms with Gasteiger partial charge >= 0.3 is 0 Å². The summed E-state index contributed by atoms with van der Waals surface area (Å²) in [6.07, 6.45) is -0.144. The Morgan fingerprint density at radius 1 is 1.38 bits per heavy atom. The second kappa shape index (κ2) is 2.96. The zero-order valence-electron chi connectivity index (χ0n) is 7.01. The number of methoxy groups -OCH3 is 1. The van der Waals surface area contributed by atoms with Crippen molar-refractivity contribution in [2.75, 3.05) is 13.7 Å². The first kappa shape index (κ1) is 8.44. The van der Waals surface area contributed by atoms with Crippen molar-refractivity contribution in [2.45, 2.75) is 6.10 Å². The van der Waals surface area contributed by atoms with Crippen LogP contribution in [0.2, 0.25) is 0 Å². The van der Waals surface area contributed by atoms with Crippen molar-refractivity contribution in [2.24, 2.45) is 0 Å². The van der Waals surface area contributed by atoms with Crippen molar-refractivity contribution in [1.29, 1.82) is 0 Å². The van der Waals surface area contributed by atoms with Gasteiger partial charge in [0.15, 0.2) is 17.4 Å². The SMILES string of the molecule is COc1c(F)cc(C2CO2)cc1F. The van der Waals surface area contributed by atoms with Gasteiger partial charge < -0.3 is 9.47 Å². The van der Waals surface area contributed by atoms with Crippen molar-refractivity contribution in [3.05, 3.63) is 29.3 Å². The first-order chi connectivity index (χ1) is 6.22. The molecule has 1 aliphatic rings. The summed E-state index contributed by atoms with van der Waals surface area (Å²) in [6, 6.07) is 2.47. The Hall–Kier alpha value is -1.16. The first-order valence-electron chi connectivity index (χ1n) is 3.87. The minimum Gasteiger partial charge on any atom is -0.491 e. The Kier molecular flexibility index (Phi) is 1.92. The van der Waals surface area contributed by atoms with Crippen LogP contribution in [0.15, 0.2) is 12.1 Å². The van der Waals surface area contributed by atoms with E-state index >= 15 is 0 Å². The van der Waals surface area contributed by atoms with E-state index in [0.29, 0.717) is 12.2 Å². The Morgan fingerprint density at radius 3 is 2.31 bits per heavy atom. The fourth-order valence-electron chi connectivity index (χ4n) is 1.20. The van der Waals surface area contributed by atoms with Crippen molar-refractivity contribution < 1.29 is 18.3 Å². The van der Waals surface area contributed by atoms with Gasteiger partial charge in [0, 0.05) is 0 Å². The molecule has 0 aliphatic carbocycles. The molecule has 4 heteroatoms. The lowest BCUT2D eigenvalue weighted by molar-refractivity contribution is 0.357. The lowest BCUT2D eigenvalue weighted by Gasteiger charge is -2.04. The first-order valence-corrected chi connectivity index (χ1v) is 3.87. The average molecular weight is 186 g/mol. The van der Waals surface area contributed by atoms with E-state index in [2.05, 4.69) is 4.74 Å². The fraction of sp³-hybridized carbons (Fsp3) is 0.333. The maximum Gasteiger partial charge on any atom is 0.190 e. The third-order valence-electron chi connectivity index (χ3n) is 1.93. The summed E-state index contributed by atoms with van der Waals surface area (Å²) in [5.41, 5.74) is 0.524. The van der Waals surface area contributed by atoms with Crippen LogP contribution in [-0.4, -0.2) is 13.7 Å². The molecule has 1 fully saturated rings. The van der Waals surface area contributed by atoms with Crippen molar-refractivity contribution in [3.63, 3.8) is 0 Å². The molecule has 0 bridgehead atoms. The van der Waals surface area contributed by atoms with Crippen LogP contribution in [0.1, 0.15) is 11.7 Å². The van der Waals surface area contributed by atoms with Crippen LogP contribution in [0.4, 0.5) is 8.78 Å². The lowest BCUT2D eigenvalue weighted by atomic mass is 10.1. The summed E-state index contributed by atoms with van der Waals surface area (Å²) >= 11 is 0. The Bertz CT molecular complexity index is 311. The zero-order valence-corrected chi connectivity index (χ0v) is 7.01. The average Bonchev–Trinajstić information content (AvgIpc) is 2.85. The molecule has 1 aromatic rings. The predicted octanol–water partition coefficient (Wildman–Crippen LogP) is 2.04. The maximum atomic E-state index is 13.1. The van der Waals surface area contributed by atoms with Gasteiger partial charge in [-0.1, -0.05) is 0 Å². The highest BCUT2D eigenvalue weighted by molar-refractivity contribution is 5.33. The number of hydrogen-bond acceptors (Lipinski definition) is 2. The highest BCUT2D eigenvalue weighted by atomic mass is 19.1. The molecule has 1 atom stereocenters. The molecule has 0 N–H and O–H groups in total. The van der Waals surface area contributed by atoms with E-state index < -0.39 is 11.6 Å². The molecular weight excluding hydrogens is 178 g/mol. The highest BCUT2D eigenvalue weighted by Gasteiger charge is 2.27. The second-order valence-electron chi connectivity index (χ2n) is 2.84. The monoisotopic (exact) mass is 186 g/mol. The van der Waals surface area contributed by atoms with Crippen molar-refractivity contribution in [3.8, 4) is 5.75 Å². The predicted molar refractivity (Wildman–Crippen MR) is 41.6 cm³/mol. The minimum absolute atomic E-state index is 0.144. The normalized spacial score (nSPS) is 20.1. The quantitative estimate of drug-likeness (QED) is 0.659. The summed E-state index contributed by atoms with van der Waals surface area (Å²) in [4.78, 5) is 0. The van der Waals surface area contributed by atoms with Gasteiger partial charge in [0.2, 0.25) is 0 Å². The van der Waals surface area contributed by atoms with E-state index in [1.807, 2.05) is 0 Å². The summed E-state index contributed by atoms with van der Waals surface area (Å²) in [5.74, 6) is -1.72. The Morgan fingerprint density at radius 2 is 1.92 bits per heavy atom. The molecule has 13 heavy (non-hydrogen) atoms. The highest BCUT2D eigenvalue weighted by Crippen LogP contribution is 2.33. The second-order valence-corrected chi connectivity index (χ2v) is 2.84. The van der Waals surface area contributed by atoms with Crippen LogP contribution in [-0.2, 0) is 4.74 Å². The summed E-state index contributed by atoms with van der Waals surface area (Å²) in [7, 11) is 1.23. The van der Waals surface area contributed by atoms with Crippen LogP contribution in [0.5, 0.6) is 5.75 Å². The molecule has 0 saturated carbocycles. The minimum atomic E-state index is -0.687. The largest absolute Gasteiger partial charge is 0.491 e. The van der Waals surface area contributed by atoms with Gasteiger partial charge in [-0.25, -0.2) is 8.78 Å². The molecule has 0 radical (unpaired) electrons. The number of rotatable bonds is 2. The van der Waals surface area contributed by atoms with Gasteiger partial charge in [0.1, 0.15) is 6.10 Å². The molecule has 70 valence electrons. The van der Waals surface area contributed by atoms with Crippen LogP contribution in [0.25, 0.3) is 0 Å². The Labute approximate surface area is 74.1 Å². The Balaban J connectivity index is 2.42. The van der Waals surface area contributed by atoms with Crippen LogP contribution in [0, 0.1) is 11.6 Å². The molecule has 0 amide bonds. The molecular formula is C9H8F2O2. The van der Waals surface area contributed by atoms with Gasteiger partial charge in [-0.15, -0.1) is 0 Å². The van der Waals surface area contributed by atoms with Crippen LogP contribution >= 0.6 is 0 Å². The fourth-order valence-corrected chi connectivity index (χ4v) is 1.20. The van der Waals surface area contributed by atoms with Gasteiger partial charge in [0.05, 0.1) is 13.7 Å². The standard InChI is InChI=1S/C9H8F2O2/c1-12-9-6(10)2-5(3-7(9)11)8-4-13-8/h2-3,8H,4H2,1H3. The number of halogens is 2. The summed E-state index contributed by atoms with van der Waals surface area (Å²) in [5, 5.41) is 0. The van der Waals surface area contributed by atoms with Gasteiger partial charge in [0.25, 0.3) is 0 Å². The molecule has 2 rings (SSSR count). The molecule has 2 nitrogen and oxygen atoms in total. The summed E-state index contributed by atoms with van der Waals surface area (Å²) < 4.78 is 35.6. The van der Waals surface area contributed by atoms with E-state index in [-0.39, 0.29) is 11.9 Å². The molecule has 1 aliphatic heterocycles. The summed E-state index contributed by atoms with van der Waals surface area (Å²) in [6.45, 7) is 0.533. The number of epoxide rings is 1. The van der Waals surface area contributed by atoms with Gasteiger partial charge in [-0.05, 0) is 17.7 Å². The molecule has 1 saturated heterocycles. The molecule has 1 heterocycles. The van der Waals surface area contributed by atoms with E-state index in [9.17, 15) is 8.78 Å². The lowest BCUT2D eigenvalue weighted by Crippen LogP contribution is -1.95. The van der Waals surface area contributed by atoms with Gasteiger partial charge in [-0.3, -0.25) is 0 Å². The molecule has 0 aromatic heterocycles. The number of hydrogen-bond donors (Lipinski definition) is 0. The third-order valence-corrected chi connectivity index (χ3v) is 1.93. The van der Waals surface area contributed by atoms with Crippen molar-refractivity contribution >= 4 is 0 Å². The number of benzene rings is 1. The van der Waals surface area contributed by atoms with E-state index in [1.54, 1.807) is 0 Å². The van der Waals surface area contributed by atoms with Crippen LogP contribution in [0.3, 0.4) is 0 Å². The third kappa shape index (κ3) is 1.49. The van der Waals surface area contributed by atoms with Crippen molar-refractivity contribution in [1.82, 2.24) is 0 Å². The van der Waals surface area contributed by atoms with Crippen LogP contribution < -0.4 is 4.74 Å². The maximum absolute atomic E-state index is 13.1. The van der Waals surface area contributed by atoms with E-state index in [1.165, 1.54) is 19.2 Å². The topological polar surface area (TPSA) is 21.8 Å². The zero-order chi connectivity index (χ0) is 9.42. The van der Waals surface area contributed by atoms with E-state index in [4.69, 9.17) is 4.74 Å².